The van der Waals surface area contributed by atoms with Gasteiger partial charge in [0.2, 0.25) is 0 Å². The molecule has 0 aliphatic carbocycles. The van der Waals surface area contributed by atoms with Gasteiger partial charge in [-0.3, -0.25) is 0 Å². The average molecular weight is 446 g/mol. The van der Waals surface area contributed by atoms with Crippen LogP contribution >= 0.6 is 11.8 Å². The predicted molar refractivity (Wildman–Crippen MR) is 130 cm³/mol. The maximum absolute atomic E-state index is 13.4. The fourth-order valence-electron chi connectivity index (χ4n) is 3.76. The Hall–Kier alpha value is -2.01. The highest BCUT2D eigenvalue weighted by atomic mass is 32.2. The van der Waals surface area contributed by atoms with E-state index in [0.29, 0.717) is 0 Å². The first-order chi connectivity index (χ1) is 14.9. The van der Waals surface area contributed by atoms with Gasteiger partial charge in [0.05, 0.1) is 12.8 Å². The minimum Gasteiger partial charge on any atom is -0.496 e. The van der Waals surface area contributed by atoms with Crippen LogP contribution in [0.1, 0.15) is 57.9 Å². The van der Waals surface area contributed by atoms with Gasteiger partial charge in [0, 0.05) is 28.8 Å². The van der Waals surface area contributed by atoms with Gasteiger partial charge >= 0.3 is 0 Å². The number of aryl methyl sites for hydroxylation is 1. The van der Waals surface area contributed by atoms with Crippen molar-refractivity contribution in [2.75, 3.05) is 24.8 Å². The normalized spacial score (nSPS) is 11.4. The van der Waals surface area contributed by atoms with Crippen molar-refractivity contribution in [3.63, 3.8) is 0 Å². The fraction of sp³-hybridized carbons (Fsp3) is 0.500. The summed E-state index contributed by atoms with van der Waals surface area (Å²) in [6.45, 7) is 6.36. The highest BCUT2D eigenvalue weighted by Crippen LogP contribution is 2.42. The highest BCUT2D eigenvalue weighted by molar-refractivity contribution is 7.99. The van der Waals surface area contributed by atoms with Gasteiger partial charge in [-0.05, 0) is 61.7 Å². The molecule has 3 nitrogen and oxygen atoms in total. The second-order valence-electron chi connectivity index (χ2n) is 8.30. The van der Waals surface area contributed by atoms with E-state index in [2.05, 4.69) is 30.9 Å². The molecule has 0 N–H and O–H groups in total. The number of aldehydes is 1. The molecule has 0 saturated carbocycles. The Kier molecular flexibility index (Phi) is 9.89. The van der Waals surface area contributed by atoms with Crippen LogP contribution in [0, 0.1) is 18.2 Å². The van der Waals surface area contributed by atoms with E-state index in [1.807, 2.05) is 14.0 Å². The molecule has 2 rings (SSSR count). The molecule has 0 heterocycles. The van der Waals surface area contributed by atoms with Gasteiger partial charge < -0.3 is 14.4 Å². The molecule has 0 aliphatic rings. The lowest BCUT2D eigenvalue weighted by Gasteiger charge is -2.29. The lowest BCUT2D eigenvalue weighted by atomic mass is 9.81. The molecule has 0 aliphatic heterocycles. The number of hydrogen-bond donors (Lipinski definition) is 0. The first-order valence-corrected chi connectivity index (χ1v) is 12.1. The van der Waals surface area contributed by atoms with E-state index < -0.39 is 0 Å². The van der Waals surface area contributed by atoms with E-state index in [1.165, 1.54) is 18.4 Å². The molecule has 0 amide bonds. The predicted octanol–water partition coefficient (Wildman–Crippen LogP) is 7.57. The smallest absolute Gasteiger partial charge is 0.126 e. The Balaban J connectivity index is 2.38. The highest BCUT2D eigenvalue weighted by Gasteiger charge is 2.29. The third-order valence-corrected chi connectivity index (χ3v) is 7.23. The maximum Gasteiger partial charge on any atom is 0.126 e. The van der Waals surface area contributed by atoms with Crippen molar-refractivity contribution in [2.24, 2.45) is 5.41 Å². The molecule has 2 aromatic rings. The van der Waals surface area contributed by atoms with Crippen LogP contribution in [0.5, 0.6) is 5.75 Å². The number of thioether (sulfide) groups is 1. The van der Waals surface area contributed by atoms with Gasteiger partial charge in [-0.15, -0.1) is 11.8 Å². The molecule has 0 saturated heterocycles. The topological polar surface area (TPSA) is 29.5 Å². The minimum atomic E-state index is -0.305. The molecule has 0 radical (unpaired) electrons. The Morgan fingerprint density at radius 1 is 1.10 bits per heavy atom. The minimum absolute atomic E-state index is 0.250. The van der Waals surface area contributed by atoms with Crippen molar-refractivity contribution in [3.05, 3.63) is 47.8 Å². The van der Waals surface area contributed by atoms with Gasteiger partial charge in [0.15, 0.2) is 0 Å². The number of benzene rings is 2. The van der Waals surface area contributed by atoms with E-state index >= 15 is 0 Å². The molecular weight excluding hydrogens is 409 g/mol. The Morgan fingerprint density at radius 3 is 2.23 bits per heavy atom. The van der Waals surface area contributed by atoms with Crippen LogP contribution in [0.15, 0.2) is 41.3 Å². The second-order valence-corrected chi connectivity index (χ2v) is 9.32. The summed E-state index contributed by atoms with van der Waals surface area (Å²) < 4.78 is 19.0. The lowest BCUT2D eigenvalue weighted by Crippen LogP contribution is -2.26. The zero-order chi connectivity index (χ0) is 22.9. The molecular formula is C26H36FNO2S. The Labute approximate surface area is 191 Å². The van der Waals surface area contributed by atoms with Crippen LogP contribution in [0.25, 0.3) is 0 Å². The van der Waals surface area contributed by atoms with Crippen molar-refractivity contribution in [3.8, 4) is 5.75 Å². The average Bonchev–Trinajstić information content (AvgIpc) is 2.79. The molecule has 2 aromatic carbocycles. The van der Waals surface area contributed by atoms with Crippen LogP contribution in [0.3, 0.4) is 0 Å². The number of nitrogens with zero attached hydrogens (tertiary/aromatic N) is 1. The van der Waals surface area contributed by atoms with Crippen molar-refractivity contribution < 1.29 is 13.9 Å². The third kappa shape index (κ3) is 6.73. The summed E-state index contributed by atoms with van der Waals surface area (Å²) in [5, 5.41) is 0. The first-order valence-electron chi connectivity index (χ1n) is 11.2. The second kappa shape index (κ2) is 12.1. The van der Waals surface area contributed by atoms with Crippen LogP contribution in [0.2, 0.25) is 0 Å². The third-order valence-electron chi connectivity index (χ3n) is 5.87. The van der Waals surface area contributed by atoms with E-state index in [1.54, 1.807) is 31.0 Å². The van der Waals surface area contributed by atoms with E-state index in [-0.39, 0.29) is 11.2 Å². The van der Waals surface area contributed by atoms with Gasteiger partial charge in [-0.1, -0.05) is 39.5 Å². The summed E-state index contributed by atoms with van der Waals surface area (Å²) in [6, 6.07) is 10.7. The molecule has 0 atom stereocenters. The SMILES string of the molecule is CCCCC(C=O)(CCCC)CSc1cc(OC)c(C)cc1N(C)c1ccc(F)cc1. The zero-order valence-electron chi connectivity index (χ0n) is 19.5. The quantitative estimate of drug-likeness (QED) is 0.235. The van der Waals surface area contributed by atoms with Gasteiger partial charge in [0.25, 0.3) is 0 Å². The number of methoxy groups -OCH3 is 1. The van der Waals surface area contributed by atoms with Crippen LogP contribution in [0.4, 0.5) is 15.8 Å². The maximum atomic E-state index is 13.4. The number of carbonyl (C=O) groups is 1. The van der Waals surface area contributed by atoms with E-state index in [0.717, 1.165) is 71.9 Å². The van der Waals surface area contributed by atoms with E-state index in [4.69, 9.17) is 4.74 Å². The first kappa shape index (κ1) is 25.3. The zero-order valence-corrected chi connectivity index (χ0v) is 20.4. The lowest BCUT2D eigenvalue weighted by molar-refractivity contribution is -0.116. The standard InChI is InChI=1S/C26H36FNO2S/c1-6-8-14-26(18-29,15-9-7-2)19-31-25-17-24(30-5)20(3)16-23(25)28(4)22-12-10-21(27)11-13-22/h10-13,16-18H,6-9,14-15,19H2,1-5H3. The van der Waals surface area contributed by atoms with Crippen LogP contribution in [-0.2, 0) is 4.79 Å². The molecule has 0 unspecified atom stereocenters. The largest absolute Gasteiger partial charge is 0.496 e. The summed E-state index contributed by atoms with van der Waals surface area (Å²) in [4.78, 5) is 15.4. The molecule has 31 heavy (non-hydrogen) atoms. The van der Waals surface area contributed by atoms with Crippen molar-refractivity contribution >= 4 is 29.4 Å². The van der Waals surface area contributed by atoms with Crippen molar-refractivity contribution in [1.29, 1.82) is 0 Å². The Morgan fingerprint density at radius 2 is 1.71 bits per heavy atom. The fourth-order valence-corrected chi connectivity index (χ4v) is 5.09. The van der Waals surface area contributed by atoms with Crippen molar-refractivity contribution in [2.45, 2.75) is 64.2 Å². The molecule has 0 aromatic heterocycles. The van der Waals surface area contributed by atoms with Gasteiger partial charge in [-0.2, -0.15) is 0 Å². The van der Waals surface area contributed by atoms with Crippen LogP contribution < -0.4 is 9.64 Å². The van der Waals surface area contributed by atoms with Crippen molar-refractivity contribution in [1.82, 2.24) is 0 Å². The molecule has 0 spiro atoms. The number of unbranched alkanes of at least 4 members (excludes halogenated alkanes) is 2. The number of carbonyl (C=O) groups excluding carboxylic acids is 1. The summed E-state index contributed by atoms with van der Waals surface area (Å²) in [7, 11) is 3.66. The monoisotopic (exact) mass is 445 g/mol. The summed E-state index contributed by atoms with van der Waals surface area (Å²) in [6.07, 6.45) is 7.33. The van der Waals surface area contributed by atoms with E-state index in [9.17, 15) is 9.18 Å². The Bertz CT molecular complexity index is 830. The number of ether oxygens (including phenoxy) is 1. The summed E-state index contributed by atoms with van der Waals surface area (Å²) in [5.41, 5.74) is 2.67. The number of rotatable bonds is 13. The number of halogens is 1. The number of anilines is 2. The molecule has 170 valence electrons. The summed E-state index contributed by atoms with van der Waals surface area (Å²) in [5.74, 6) is 1.32. The summed E-state index contributed by atoms with van der Waals surface area (Å²) >= 11 is 1.72. The van der Waals surface area contributed by atoms with Gasteiger partial charge in [-0.25, -0.2) is 4.39 Å². The van der Waals surface area contributed by atoms with Gasteiger partial charge in [0.1, 0.15) is 17.9 Å². The molecule has 0 bridgehead atoms. The number of hydrogen-bond acceptors (Lipinski definition) is 4. The molecule has 0 fully saturated rings. The molecule has 5 heteroatoms. The van der Waals surface area contributed by atoms with Crippen LogP contribution in [-0.4, -0.2) is 26.2 Å².